The van der Waals surface area contributed by atoms with Crippen molar-refractivity contribution in [3.05, 3.63) is 53.1 Å². The second-order valence-corrected chi connectivity index (χ2v) is 4.78. The van der Waals surface area contributed by atoms with E-state index in [-0.39, 0.29) is 0 Å². The SMILES string of the molecule is Cc1nc(Cl)c(C)c(Oc2cccc3ncccc23)n1. The van der Waals surface area contributed by atoms with Crippen LogP contribution < -0.4 is 4.74 Å². The summed E-state index contributed by atoms with van der Waals surface area (Å²) in [5.41, 5.74) is 1.60. The van der Waals surface area contributed by atoms with Gasteiger partial charge in [0, 0.05) is 17.1 Å². The number of pyridine rings is 1. The van der Waals surface area contributed by atoms with Crippen LogP contribution in [0.4, 0.5) is 0 Å². The van der Waals surface area contributed by atoms with Crippen LogP contribution in [0.25, 0.3) is 10.9 Å². The molecule has 0 radical (unpaired) electrons. The molecule has 0 N–H and O–H groups in total. The molecule has 2 heterocycles. The highest BCUT2D eigenvalue weighted by atomic mass is 35.5. The lowest BCUT2D eigenvalue weighted by Crippen LogP contribution is -1.98. The summed E-state index contributed by atoms with van der Waals surface area (Å²) in [5.74, 6) is 1.75. The smallest absolute Gasteiger partial charge is 0.227 e. The molecule has 3 aromatic rings. The van der Waals surface area contributed by atoms with Gasteiger partial charge in [0.2, 0.25) is 5.88 Å². The molecule has 0 aliphatic heterocycles. The molecule has 0 atom stereocenters. The highest BCUT2D eigenvalue weighted by Crippen LogP contribution is 2.31. The third-order valence-corrected chi connectivity index (χ3v) is 3.33. The number of ether oxygens (including phenoxy) is 1. The number of fused-ring (bicyclic) bond motifs is 1. The third kappa shape index (κ3) is 2.30. The molecule has 0 fully saturated rings. The van der Waals surface area contributed by atoms with Gasteiger partial charge in [0.15, 0.2) is 0 Å². The normalized spacial score (nSPS) is 10.8. The van der Waals surface area contributed by atoms with Crippen LogP contribution in [0.5, 0.6) is 11.6 Å². The largest absolute Gasteiger partial charge is 0.438 e. The van der Waals surface area contributed by atoms with Crippen molar-refractivity contribution < 1.29 is 4.74 Å². The average molecular weight is 286 g/mol. The fourth-order valence-electron chi connectivity index (χ4n) is 1.94. The van der Waals surface area contributed by atoms with Crippen molar-refractivity contribution >= 4 is 22.5 Å². The number of aromatic nitrogens is 3. The maximum absolute atomic E-state index is 6.06. The maximum Gasteiger partial charge on any atom is 0.227 e. The Balaban J connectivity index is 2.10. The minimum absolute atomic E-state index is 0.408. The van der Waals surface area contributed by atoms with Gasteiger partial charge in [0.05, 0.1) is 5.52 Å². The van der Waals surface area contributed by atoms with Crippen molar-refractivity contribution in [3.8, 4) is 11.6 Å². The summed E-state index contributed by atoms with van der Waals surface area (Å²) >= 11 is 6.06. The molecule has 0 saturated carbocycles. The lowest BCUT2D eigenvalue weighted by atomic mass is 10.2. The van der Waals surface area contributed by atoms with Gasteiger partial charge in [0.1, 0.15) is 16.7 Å². The van der Waals surface area contributed by atoms with Crippen LogP contribution in [-0.4, -0.2) is 15.0 Å². The summed E-state index contributed by atoms with van der Waals surface area (Å²) in [4.78, 5) is 12.7. The predicted octanol–water partition coefficient (Wildman–Crippen LogP) is 4.09. The monoisotopic (exact) mass is 285 g/mol. The molecule has 0 spiro atoms. The lowest BCUT2D eigenvalue weighted by Gasteiger charge is -2.11. The second-order valence-electron chi connectivity index (χ2n) is 4.42. The number of rotatable bonds is 2. The highest BCUT2D eigenvalue weighted by Gasteiger charge is 2.11. The van der Waals surface area contributed by atoms with Crippen molar-refractivity contribution in [3.63, 3.8) is 0 Å². The standard InChI is InChI=1S/C15H12ClN3O/c1-9-14(16)18-10(2)19-15(9)20-13-7-3-6-12-11(13)5-4-8-17-12/h3-8H,1-2H3. The first-order valence-electron chi connectivity index (χ1n) is 6.17. The summed E-state index contributed by atoms with van der Waals surface area (Å²) in [5, 5.41) is 1.34. The second kappa shape index (κ2) is 5.06. The molecule has 4 nitrogen and oxygen atoms in total. The zero-order valence-corrected chi connectivity index (χ0v) is 11.8. The van der Waals surface area contributed by atoms with E-state index < -0.39 is 0 Å². The van der Waals surface area contributed by atoms with Gasteiger partial charge in [-0.05, 0) is 38.1 Å². The van der Waals surface area contributed by atoms with Gasteiger partial charge in [-0.25, -0.2) is 4.98 Å². The van der Waals surface area contributed by atoms with E-state index in [9.17, 15) is 0 Å². The lowest BCUT2D eigenvalue weighted by molar-refractivity contribution is 0.460. The molecule has 0 aliphatic rings. The summed E-state index contributed by atoms with van der Waals surface area (Å²) in [7, 11) is 0. The summed E-state index contributed by atoms with van der Waals surface area (Å²) in [6.07, 6.45) is 1.75. The van der Waals surface area contributed by atoms with Crippen LogP contribution in [0, 0.1) is 13.8 Å². The van der Waals surface area contributed by atoms with Crippen LogP contribution in [0.2, 0.25) is 5.15 Å². The van der Waals surface area contributed by atoms with Crippen molar-refractivity contribution in [2.45, 2.75) is 13.8 Å². The molecule has 5 heteroatoms. The molecule has 100 valence electrons. The molecule has 0 bridgehead atoms. The molecule has 0 saturated heterocycles. The maximum atomic E-state index is 6.06. The zero-order valence-electron chi connectivity index (χ0n) is 11.1. The van der Waals surface area contributed by atoms with E-state index >= 15 is 0 Å². The van der Waals surface area contributed by atoms with E-state index in [0.29, 0.717) is 22.6 Å². The summed E-state index contributed by atoms with van der Waals surface area (Å²) in [6.45, 7) is 3.61. The first-order chi connectivity index (χ1) is 9.65. The van der Waals surface area contributed by atoms with E-state index in [2.05, 4.69) is 15.0 Å². The third-order valence-electron chi connectivity index (χ3n) is 2.97. The minimum atomic E-state index is 0.408. The van der Waals surface area contributed by atoms with Crippen molar-refractivity contribution in [1.29, 1.82) is 0 Å². The zero-order chi connectivity index (χ0) is 14.1. The Morgan fingerprint density at radius 1 is 1.05 bits per heavy atom. The first kappa shape index (κ1) is 12.8. The number of nitrogens with zero attached hydrogens (tertiary/aromatic N) is 3. The number of hydrogen-bond donors (Lipinski definition) is 0. The van der Waals surface area contributed by atoms with Crippen LogP contribution in [-0.2, 0) is 0 Å². The van der Waals surface area contributed by atoms with Gasteiger partial charge in [0.25, 0.3) is 0 Å². The molecular weight excluding hydrogens is 274 g/mol. The van der Waals surface area contributed by atoms with E-state index in [0.717, 1.165) is 16.5 Å². The van der Waals surface area contributed by atoms with Crippen molar-refractivity contribution in [2.75, 3.05) is 0 Å². The number of benzene rings is 1. The quantitative estimate of drug-likeness (QED) is 0.666. The van der Waals surface area contributed by atoms with Gasteiger partial charge < -0.3 is 4.74 Å². The fourth-order valence-corrected chi connectivity index (χ4v) is 2.14. The van der Waals surface area contributed by atoms with Crippen molar-refractivity contribution in [2.24, 2.45) is 0 Å². The molecule has 1 aromatic carbocycles. The Morgan fingerprint density at radius 2 is 1.90 bits per heavy atom. The van der Waals surface area contributed by atoms with Crippen LogP contribution in [0.15, 0.2) is 36.5 Å². The summed E-state index contributed by atoms with van der Waals surface area (Å²) < 4.78 is 5.91. The average Bonchev–Trinajstić information content (AvgIpc) is 2.44. The first-order valence-corrected chi connectivity index (χ1v) is 6.55. The van der Waals surface area contributed by atoms with Crippen molar-refractivity contribution in [1.82, 2.24) is 15.0 Å². The van der Waals surface area contributed by atoms with Gasteiger partial charge in [-0.1, -0.05) is 17.7 Å². The Bertz CT molecular complexity index is 784. The molecule has 0 aliphatic carbocycles. The summed E-state index contributed by atoms with van der Waals surface area (Å²) in [6, 6.07) is 9.56. The van der Waals surface area contributed by atoms with Gasteiger partial charge >= 0.3 is 0 Å². The fraction of sp³-hybridized carbons (Fsp3) is 0.133. The van der Waals surface area contributed by atoms with Crippen LogP contribution in [0.3, 0.4) is 0 Å². The molecule has 0 amide bonds. The van der Waals surface area contributed by atoms with E-state index in [1.807, 2.05) is 37.3 Å². The molecule has 20 heavy (non-hydrogen) atoms. The molecule has 2 aromatic heterocycles. The Hall–Kier alpha value is -2.20. The van der Waals surface area contributed by atoms with Gasteiger partial charge in [-0.15, -0.1) is 0 Å². The molecular formula is C15H12ClN3O. The van der Waals surface area contributed by atoms with Gasteiger partial charge in [-0.2, -0.15) is 4.98 Å². The van der Waals surface area contributed by atoms with E-state index in [4.69, 9.17) is 16.3 Å². The predicted molar refractivity (Wildman–Crippen MR) is 78.3 cm³/mol. The van der Waals surface area contributed by atoms with Crippen LogP contribution in [0.1, 0.15) is 11.4 Å². The van der Waals surface area contributed by atoms with Gasteiger partial charge in [-0.3, -0.25) is 4.98 Å². The topological polar surface area (TPSA) is 47.9 Å². The Morgan fingerprint density at radius 3 is 2.75 bits per heavy atom. The number of aryl methyl sites for hydroxylation is 1. The minimum Gasteiger partial charge on any atom is -0.438 e. The van der Waals surface area contributed by atoms with E-state index in [1.165, 1.54) is 0 Å². The molecule has 0 unspecified atom stereocenters. The highest BCUT2D eigenvalue weighted by molar-refractivity contribution is 6.30. The Labute approximate surface area is 121 Å². The van der Waals surface area contributed by atoms with Crippen LogP contribution >= 0.6 is 11.6 Å². The number of halogens is 1. The Kier molecular flexibility index (Phi) is 3.24. The molecule has 3 rings (SSSR count). The number of hydrogen-bond acceptors (Lipinski definition) is 4. The van der Waals surface area contributed by atoms with E-state index in [1.54, 1.807) is 13.1 Å².